The summed E-state index contributed by atoms with van der Waals surface area (Å²) < 4.78 is 5.56. The summed E-state index contributed by atoms with van der Waals surface area (Å²) in [7, 11) is 1.65. The number of nitrogens with one attached hydrogen (secondary N) is 2. The van der Waals surface area contributed by atoms with Crippen LogP contribution in [0.25, 0.3) is 12.2 Å². The number of carbonyl (C=O) groups is 1. The molecule has 160 valence electrons. The van der Waals surface area contributed by atoms with E-state index >= 15 is 0 Å². The molecule has 0 aliphatic heterocycles. The van der Waals surface area contributed by atoms with E-state index in [0.717, 1.165) is 34.8 Å². The van der Waals surface area contributed by atoms with E-state index < -0.39 is 0 Å². The van der Waals surface area contributed by atoms with Gasteiger partial charge in [0.1, 0.15) is 5.75 Å². The molecule has 3 rings (SSSR count). The predicted molar refractivity (Wildman–Crippen MR) is 128 cm³/mol. The zero-order valence-electron chi connectivity index (χ0n) is 18.3. The summed E-state index contributed by atoms with van der Waals surface area (Å²) in [6.07, 6.45) is 6.66. The molecule has 31 heavy (non-hydrogen) atoms. The minimum atomic E-state index is -0.0584. The standard InChI is InChI=1S/C26H29N3O2/c1-19(2)14-16-28-26(30)21-7-6-9-23(17-21)29-24-13-11-20(25(18-24)31-3)10-12-22-8-4-5-15-27-22/h4-13,15,17-19,29H,14,16H2,1-3H3,(H,28,30)/b12-10+. The van der Waals surface area contributed by atoms with Crippen LogP contribution in [0.1, 0.15) is 41.9 Å². The Bertz CT molecular complexity index is 1030. The van der Waals surface area contributed by atoms with Gasteiger partial charge in [-0.2, -0.15) is 0 Å². The van der Waals surface area contributed by atoms with Crippen LogP contribution in [0.3, 0.4) is 0 Å². The Kier molecular flexibility index (Phi) is 7.82. The van der Waals surface area contributed by atoms with E-state index in [4.69, 9.17) is 4.74 Å². The molecule has 0 unspecified atom stereocenters. The molecule has 5 nitrogen and oxygen atoms in total. The van der Waals surface area contributed by atoms with Crippen molar-refractivity contribution in [3.8, 4) is 5.75 Å². The quantitative estimate of drug-likeness (QED) is 0.465. The van der Waals surface area contributed by atoms with Gasteiger partial charge in [-0.05, 0) is 67.0 Å². The van der Waals surface area contributed by atoms with Gasteiger partial charge < -0.3 is 15.4 Å². The maximum Gasteiger partial charge on any atom is 0.251 e. The molecule has 0 saturated carbocycles. The number of hydrogen-bond donors (Lipinski definition) is 2. The number of pyridine rings is 1. The van der Waals surface area contributed by atoms with E-state index in [0.29, 0.717) is 18.0 Å². The van der Waals surface area contributed by atoms with Crippen LogP contribution in [0.5, 0.6) is 5.75 Å². The van der Waals surface area contributed by atoms with Crippen LogP contribution in [0.2, 0.25) is 0 Å². The van der Waals surface area contributed by atoms with Gasteiger partial charge in [0.05, 0.1) is 12.8 Å². The molecule has 0 radical (unpaired) electrons. The minimum Gasteiger partial charge on any atom is -0.496 e. The predicted octanol–water partition coefficient (Wildman–Crippen LogP) is 5.78. The first-order valence-corrected chi connectivity index (χ1v) is 10.5. The molecule has 0 aliphatic carbocycles. The molecule has 0 saturated heterocycles. The normalized spacial score (nSPS) is 11.0. The van der Waals surface area contributed by atoms with Crippen molar-refractivity contribution < 1.29 is 9.53 Å². The summed E-state index contributed by atoms with van der Waals surface area (Å²) in [6, 6.07) is 19.2. The van der Waals surface area contributed by atoms with Crippen LogP contribution >= 0.6 is 0 Å². The second-order valence-electron chi connectivity index (χ2n) is 7.69. The van der Waals surface area contributed by atoms with Crippen LogP contribution in [-0.2, 0) is 0 Å². The topological polar surface area (TPSA) is 63.2 Å². The highest BCUT2D eigenvalue weighted by atomic mass is 16.5. The number of methoxy groups -OCH3 is 1. The van der Waals surface area contributed by atoms with E-state index in [1.54, 1.807) is 13.3 Å². The third kappa shape index (κ3) is 6.71. The largest absolute Gasteiger partial charge is 0.496 e. The summed E-state index contributed by atoms with van der Waals surface area (Å²) in [5, 5.41) is 6.33. The van der Waals surface area contributed by atoms with Gasteiger partial charge in [-0.1, -0.05) is 26.0 Å². The minimum absolute atomic E-state index is 0.0584. The number of carbonyl (C=O) groups excluding carboxylic acids is 1. The number of anilines is 2. The Balaban J connectivity index is 1.70. The fraction of sp³-hybridized carbons (Fsp3) is 0.231. The molecular weight excluding hydrogens is 386 g/mol. The van der Waals surface area contributed by atoms with E-state index in [2.05, 4.69) is 29.5 Å². The number of rotatable bonds is 9. The van der Waals surface area contributed by atoms with Crippen molar-refractivity contribution in [1.29, 1.82) is 0 Å². The SMILES string of the molecule is COc1cc(Nc2cccc(C(=O)NCCC(C)C)c2)ccc1/C=C/c1ccccn1. The Morgan fingerprint density at radius 1 is 1.03 bits per heavy atom. The molecule has 0 spiro atoms. The maximum absolute atomic E-state index is 12.4. The molecular formula is C26H29N3O2. The van der Waals surface area contributed by atoms with Crippen molar-refractivity contribution in [3.05, 3.63) is 83.7 Å². The van der Waals surface area contributed by atoms with Crippen LogP contribution in [0.4, 0.5) is 11.4 Å². The lowest BCUT2D eigenvalue weighted by atomic mass is 10.1. The molecule has 0 aliphatic rings. The molecule has 3 aromatic rings. The van der Waals surface area contributed by atoms with Crippen molar-refractivity contribution >= 4 is 29.4 Å². The number of aromatic nitrogens is 1. The molecule has 2 N–H and O–H groups in total. The lowest BCUT2D eigenvalue weighted by Gasteiger charge is -2.12. The van der Waals surface area contributed by atoms with Crippen LogP contribution in [0, 0.1) is 5.92 Å². The fourth-order valence-corrected chi connectivity index (χ4v) is 3.06. The van der Waals surface area contributed by atoms with Gasteiger partial charge in [0.25, 0.3) is 5.91 Å². The third-order valence-corrected chi connectivity index (χ3v) is 4.78. The molecule has 1 amide bonds. The zero-order chi connectivity index (χ0) is 22.1. The summed E-state index contributed by atoms with van der Waals surface area (Å²) in [6.45, 7) is 4.97. The molecule has 1 aromatic heterocycles. The van der Waals surface area contributed by atoms with Crippen LogP contribution in [0.15, 0.2) is 66.9 Å². The van der Waals surface area contributed by atoms with Gasteiger partial charge in [-0.25, -0.2) is 0 Å². The molecule has 2 aromatic carbocycles. The third-order valence-electron chi connectivity index (χ3n) is 4.78. The lowest BCUT2D eigenvalue weighted by molar-refractivity contribution is 0.0952. The zero-order valence-corrected chi connectivity index (χ0v) is 18.3. The molecule has 1 heterocycles. The number of ether oxygens (including phenoxy) is 1. The van der Waals surface area contributed by atoms with E-state index in [1.807, 2.05) is 72.8 Å². The number of benzene rings is 2. The van der Waals surface area contributed by atoms with Crippen LogP contribution in [-0.4, -0.2) is 24.5 Å². The Hall–Kier alpha value is -3.60. The molecule has 0 bridgehead atoms. The van der Waals surface area contributed by atoms with Gasteiger partial charge >= 0.3 is 0 Å². The highest BCUT2D eigenvalue weighted by Gasteiger charge is 2.08. The highest BCUT2D eigenvalue weighted by Crippen LogP contribution is 2.27. The molecule has 0 atom stereocenters. The Morgan fingerprint density at radius 3 is 2.61 bits per heavy atom. The number of hydrogen-bond acceptors (Lipinski definition) is 4. The van der Waals surface area contributed by atoms with Gasteiger partial charge in [-0.3, -0.25) is 9.78 Å². The van der Waals surface area contributed by atoms with Gasteiger partial charge in [0.2, 0.25) is 0 Å². The van der Waals surface area contributed by atoms with Gasteiger partial charge in [0.15, 0.2) is 0 Å². The summed E-state index contributed by atoms with van der Waals surface area (Å²) in [4.78, 5) is 16.7. The van der Waals surface area contributed by atoms with Crippen molar-refractivity contribution in [3.63, 3.8) is 0 Å². The average molecular weight is 416 g/mol. The monoisotopic (exact) mass is 415 g/mol. The first kappa shape index (κ1) is 22.1. The second kappa shape index (κ2) is 11.0. The maximum atomic E-state index is 12.4. The van der Waals surface area contributed by atoms with E-state index in [1.165, 1.54) is 0 Å². The summed E-state index contributed by atoms with van der Waals surface area (Å²) >= 11 is 0. The second-order valence-corrected chi connectivity index (χ2v) is 7.69. The van der Waals surface area contributed by atoms with Crippen molar-refractivity contribution in [1.82, 2.24) is 10.3 Å². The van der Waals surface area contributed by atoms with Gasteiger partial charge in [-0.15, -0.1) is 0 Å². The van der Waals surface area contributed by atoms with Crippen molar-refractivity contribution in [2.24, 2.45) is 5.92 Å². The Morgan fingerprint density at radius 2 is 1.87 bits per heavy atom. The average Bonchev–Trinajstić information content (AvgIpc) is 2.78. The van der Waals surface area contributed by atoms with Crippen LogP contribution < -0.4 is 15.4 Å². The lowest BCUT2D eigenvalue weighted by Crippen LogP contribution is -2.25. The molecule has 0 fully saturated rings. The van der Waals surface area contributed by atoms with E-state index in [9.17, 15) is 4.79 Å². The van der Waals surface area contributed by atoms with Crippen molar-refractivity contribution in [2.75, 3.05) is 19.0 Å². The molecule has 5 heteroatoms. The first-order chi connectivity index (χ1) is 15.0. The highest BCUT2D eigenvalue weighted by molar-refractivity contribution is 5.95. The first-order valence-electron chi connectivity index (χ1n) is 10.5. The van der Waals surface area contributed by atoms with Gasteiger partial charge in [0, 0.05) is 41.3 Å². The van der Waals surface area contributed by atoms with E-state index in [-0.39, 0.29) is 5.91 Å². The van der Waals surface area contributed by atoms with Crippen molar-refractivity contribution in [2.45, 2.75) is 20.3 Å². The summed E-state index contributed by atoms with van der Waals surface area (Å²) in [5.41, 5.74) is 4.20. The Labute approximate surface area is 184 Å². The summed E-state index contributed by atoms with van der Waals surface area (Å²) in [5.74, 6) is 1.25. The number of amides is 1. The number of nitrogens with zero attached hydrogens (tertiary/aromatic N) is 1. The fourth-order valence-electron chi connectivity index (χ4n) is 3.06. The smallest absolute Gasteiger partial charge is 0.251 e.